The molecule has 4 aromatic carbocycles. The van der Waals surface area contributed by atoms with Crippen LogP contribution < -0.4 is 82.5 Å². The highest BCUT2D eigenvalue weighted by Gasteiger charge is 2.45. The van der Waals surface area contributed by atoms with Crippen molar-refractivity contribution in [2.24, 2.45) is 0 Å². The number of nitrogens with zero attached hydrogens (tertiary/aromatic N) is 6. The lowest BCUT2D eigenvalue weighted by Gasteiger charge is -2.25. The largest absolute Gasteiger partial charge is 1.00 e. The minimum Gasteiger partial charge on any atom is -1.00 e. The molecule has 8 aromatic rings. The average molecular weight is 1360 g/mol. The minimum absolute atomic E-state index is 0. The third-order valence-electron chi connectivity index (χ3n) is 12.3. The number of H-pyrrole nitrogens is 4. The molecule has 0 aliphatic rings. The van der Waals surface area contributed by atoms with Gasteiger partial charge in [-0.05, 0) is 135 Å². The SMILES string of the molecule is CC(C)(C)O[14C](=O)[14C@H]([14CH2][14c]1[14cH]c[14c](OC(C)(C)C)[14cH][14cH]1)NC(=O)c1ccc(N(Cc2c[nH+]c3nc(N)[nH]c(=O)c3n2)C(=O)C(F)(F)F)cc1.Nc1nc2[nH+]cc(CN(C(=O)C(F)(F)F)c3ccc(C(=O)N[14C@@H]([14CH2][14c]4[14cH]c[14c](O)[14cH][14cH]4)[14C](=O)O)cc3)nc2c(=O)[nH]1.[Cl-].[Cl-]. The van der Waals surface area contributed by atoms with Crippen molar-refractivity contribution in [2.75, 3.05) is 21.3 Å². The van der Waals surface area contributed by atoms with E-state index in [2.05, 4.69) is 50.5 Å². The van der Waals surface area contributed by atoms with Crippen LogP contribution in [-0.4, -0.2) is 111 Å². The number of ether oxygens (including phenoxy) is 2. The van der Waals surface area contributed by atoms with Gasteiger partial charge in [0.1, 0.15) is 58.6 Å². The molecule has 0 aliphatic carbocycles. The molecule has 4 amide bonds. The lowest BCUT2D eigenvalue weighted by molar-refractivity contribution is -0.349. The van der Waals surface area contributed by atoms with Crippen molar-refractivity contribution in [1.29, 1.82) is 0 Å². The maximum absolute atomic E-state index is 13.7. The fraction of sp³-hybridized carbons (Fsp3) is 0.276. The van der Waals surface area contributed by atoms with E-state index in [0.29, 0.717) is 26.7 Å². The number of aromatic hydroxyl groups is 1. The van der Waals surface area contributed by atoms with Gasteiger partial charge in [0, 0.05) is 35.3 Å². The molecule has 0 radical (unpaired) electrons. The summed E-state index contributed by atoms with van der Waals surface area (Å²) in [5.74, 6) is -7.80. The number of amides is 4. The van der Waals surface area contributed by atoms with Crippen LogP contribution in [0.15, 0.2) is 119 Å². The van der Waals surface area contributed by atoms with E-state index in [0.717, 1.165) is 42.6 Å². The first-order valence-corrected chi connectivity index (χ1v) is 26.7. The van der Waals surface area contributed by atoms with Gasteiger partial charge in [-0.25, -0.2) is 29.5 Å². The van der Waals surface area contributed by atoms with E-state index in [1.807, 2.05) is 20.8 Å². The summed E-state index contributed by atoms with van der Waals surface area (Å²) in [7, 11) is 0. The number of aliphatic carboxylic acids is 1. The molecule has 8 rings (SSSR count). The zero-order chi connectivity index (χ0) is 66.2. The first-order valence-electron chi connectivity index (χ1n) is 26.7. The Morgan fingerprint density at radius 1 is 0.663 bits per heavy atom. The predicted molar refractivity (Wildman–Crippen MR) is 308 cm³/mol. The molecule has 0 saturated carbocycles. The smallest absolute Gasteiger partial charge is 0.471 e. The molecule has 4 heterocycles. The van der Waals surface area contributed by atoms with Crippen molar-refractivity contribution >= 4 is 81.2 Å². The first-order chi connectivity index (χ1) is 42.0. The summed E-state index contributed by atoms with van der Waals surface area (Å²) in [6.45, 7) is 9.38. The van der Waals surface area contributed by atoms with Gasteiger partial charge in [-0.2, -0.15) is 26.3 Å². The predicted octanol–water partition coefficient (Wildman–Crippen LogP) is -1.38. The Bertz CT molecular complexity index is 4120. The van der Waals surface area contributed by atoms with E-state index in [4.69, 9.17) is 20.9 Å². The molecule has 0 bridgehead atoms. The molecule has 0 aliphatic heterocycles. The molecule has 0 spiro atoms. The number of benzene rings is 4. The minimum atomic E-state index is -5.27. The zero-order valence-corrected chi connectivity index (χ0v) is 50.7. The molecule has 12 N–H and O–H groups in total. The number of carbonyl (C=O) groups excluding carboxylic acids is 5. The quantitative estimate of drug-likeness (QED) is 0.0385. The highest BCUT2D eigenvalue weighted by Crippen LogP contribution is 2.29. The Morgan fingerprint density at radius 3 is 1.45 bits per heavy atom. The number of fused-ring (bicyclic) bond motifs is 2. The second-order valence-corrected chi connectivity index (χ2v) is 21.8. The van der Waals surface area contributed by atoms with E-state index < -0.39 is 95.4 Å². The third kappa shape index (κ3) is 19.7. The van der Waals surface area contributed by atoms with E-state index in [1.165, 1.54) is 42.6 Å². The van der Waals surface area contributed by atoms with Crippen molar-refractivity contribution in [3.05, 3.63) is 164 Å². The van der Waals surface area contributed by atoms with Crippen LogP contribution in [0.3, 0.4) is 0 Å². The Balaban J connectivity index is 0.000000332. The van der Waals surface area contributed by atoms with Crippen molar-refractivity contribution in [3.63, 3.8) is 0 Å². The van der Waals surface area contributed by atoms with Crippen LogP contribution >= 0.6 is 0 Å². The fourth-order valence-electron chi connectivity index (χ4n) is 8.37. The van der Waals surface area contributed by atoms with Gasteiger partial charge in [0.25, 0.3) is 22.9 Å². The van der Waals surface area contributed by atoms with Crippen LogP contribution in [-0.2, 0) is 49.8 Å². The van der Waals surface area contributed by atoms with Crippen LogP contribution in [0, 0.1) is 0 Å². The van der Waals surface area contributed by atoms with Gasteiger partial charge in [-0.1, -0.05) is 24.3 Å². The maximum Gasteiger partial charge on any atom is 0.471 e. The Hall–Kier alpha value is -10.5. The number of aromatic nitrogens is 8. The molecule has 26 nitrogen and oxygen atoms in total. The van der Waals surface area contributed by atoms with E-state index >= 15 is 0 Å². The number of phenolic OH excluding ortho intramolecular Hbond substituents is 1. The van der Waals surface area contributed by atoms with Gasteiger partial charge in [0.2, 0.25) is 11.0 Å². The van der Waals surface area contributed by atoms with Gasteiger partial charge in [0.15, 0.2) is 0 Å². The topological polar surface area (TPSA) is 389 Å². The average Bonchev–Trinajstić information content (AvgIpc) is 0.857. The van der Waals surface area contributed by atoms with Crippen LogP contribution in [0.25, 0.3) is 22.3 Å². The van der Waals surface area contributed by atoms with Crippen LogP contribution in [0.5, 0.6) is 11.5 Å². The summed E-state index contributed by atoms with van der Waals surface area (Å²) in [4.78, 5) is 126. The van der Waals surface area contributed by atoms with Gasteiger partial charge < -0.3 is 66.6 Å². The summed E-state index contributed by atoms with van der Waals surface area (Å²) in [6.07, 6.45) is -8.21. The number of phenols is 1. The monoisotopic (exact) mass is 1360 g/mol. The van der Waals surface area contributed by atoms with Gasteiger partial charge in [-0.15, -0.1) is 0 Å². The third-order valence-corrected chi connectivity index (χ3v) is 12.3. The van der Waals surface area contributed by atoms with Crippen LogP contribution in [0.1, 0.15) is 84.8 Å². The maximum atomic E-state index is 13.7. The highest BCUT2D eigenvalue weighted by atomic mass is 35.5. The van der Waals surface area contributed by atoms with E-state index in [1.54, 1.807) is 45.0 Å². The second-order valence-electron chi connectivity index (χ2n) is 21.8. The molecule has 2 atom stereocenters. The number of rotatable bonds is 17. The summed E-state index contributed by atoms with van der Waals surface area (Å²) in [5, 5.41) is 23.9. The number of carboxylic acid groups (broad SMARTS) is 1. The molecular weight excluding hydrogens is 1300 g/mol. The van der Waals surface area contributed by atoms with Crippen molar-refractivity contribution in [2.45, 2.75) is 103 Å². The van der Waals surface area contributed by atoms with Crippen molar-refractivity contribution in [3.8, 4) is 11.5 Å². The number of alkyl halides is 6. The molecule has 92 heavy (non-hydrogen) atoms. The number of anilines is 4. The van der Waals surface area contributed by atoms with Gasteiger partial charge >= 0.3 is 59.3 Å². The number of halogens is 8. The van der Waals surface area contributed by atoms with E-state index in [9.17, 15) is 74.9 Å². The molecule has 0 saturated heterocycles. The summed E-state index contributed by atoms with van der Waals surface area (Å²) in [5.41, 5.74) is 8.17. The molecule has 34 heteroatoms. The number of esters is 1. The van der Waals surface area contributed by atoms with Crippen molar-refractivity contribution in [1.82, 2.24) is 40.5 Å². The van der Waals surface area contributed by atoms with Gasteiger partial charge in [0.05, 0.1) is 13.1 Å². The lowest BCUT2D eigenvalue weighted by Crippen LogP contribution is -3.00. The lowest BCUT2D eigenvalue weighted by atomic mass is 10.1. The molecule has 4 aromatic heterocycles. The fourth-order valence-corrected chi connectivity index (χ4v) is 8.37. The van der Waals surface area contributed by atoms with Crippen LogP contribution in [0.2, 0.25) is 0 Å². The Morgan fingerprint density at radius 2 is 1.08 bits per heavy atom. The number of hydrogen-bond donors (Lipinski definition) is 8. The molecule has 0 unspecified atom stereocenters. The first kappa shape index (κ1) is 72.2. The zero-order valence-electron chi connectivity index (χ0n) is 49.2. The number of nitrogen functional groups attached to an aromatic ring is 2. The number of nitrogens with one attached hydrogen (secondary N) is 6. The Kier molecular flexibility index (Phi) is 23.1. The standard InChI is InChI=1S/C33H36F3N7O6.C25H20F3N7O6.2ClH/c1-31(2,3)48-22-13-7-18(8-14-22)15-23(28(46)49-32(4,5)6)40-26(44)19-9-11-21(12-10-19)43(29(47)33(34,35)36)17-20-16-38-25-24(39-20)27(45)42-30(37)41-25;26-25(27,28)23(41)35(11-14-10-30-19-18(31-14)21(38)34-24(29)33-19)15-5-3-13(4-6-15)20(37)32-17(22(39)40)9-12-1-7-16(36)8-2-12;;/h7-14,16,23H,15,17H2,1-6H3,(H,40,44)(H3,37,38,41,42,45);1-8,10,17,36H,9,11H2,(H,32,37)(H,39,40)(H3,29,30,33,34,38);2*1H/t23-;17-;;/m00../s1/i7+2,8+2,13+2,15+2,18+2,22+2,23+2,28+2;1+2,2+2,7+2,9+2,12+2,16+2,17+2,22+2;;. The summed E-state index contributed by atoms with van der Waals surface area (Å²) < 4.78 is 92.7. The highest BCUT2D eigenvalue weighted by molar-refractivity contribution is 6.01. The second kappa shape index (κ2) is 29.4. The number of carbonyl (C=O) groups is 6. The Labute approximate surface area is 529 Å². The number of hydrogen-bond acceptors (Lipinski definition) is 17. The molecule has 488 valence electrons. The normalized spacial score (nSPS) is 12.1. The van der Waals surface area contributed by atoms with Crippen LogP contribution in [0.4, 0.5) is 49.6 Å². The number of carboxylic acids is 1. The van der Waals surface area contributed by atoms with E-state index in [-0.39, 0.29) is 112 Å². The molecule has 0 fully saturated rings. The number of nitrogens with two attached hydrogens (primary N) is 2. The molecular formula is C58H58Cl2F6N14O12. The summed E-state index contributed by atoms with van der Waals surface area (Å²) in [6, 6.07) is 19.4. The number of aromatic amines is 4. The van der Waals surface area contributed by atoms with Gasteiger partial charge in [-0.3, -0.25) is 48.5 Å². The van der Waals surface area contributed by atoms with Crippen molar-refractivity contribution < 1.29 is 110 Å². The summed E-state index contributed by atoms with van der Waals surface area (Å²) >= 11 is 0.